The van der Waals surface area contributed by atoms with Crippen molar-refractivity contribution in [3.8, 4) is 6.07 Å². The van der Waals surface area contributed by atoms with Crippen molar-refractivity contribution in [2.75, 3.05) is 5.32 Å². The second-order valence-corrected chi connectivity index (χ2v) is 4.88. The maximum atomic E-state index is 8.81. The van der Waals surface area contributed by atoms with Crippen LogP contribution in [0.25, 0.3) is 10.9 Å². The number of aromatic nitrogens is 1. The normalized spacial score (nSPS) is 12.0. The molecule has 1 heterocycles. The molecule has 2 aromatic carbocycles. The van der Waals surface area contributed by atoms with Crippen LogP contribution in [0.1, 0.15) is 24.1 Å². The number of aromatic amines is 1. The fourth-order valence-corrected chi connectivity index (χ4v) is 2.32. The summed E-state index contributed by atoms with van der Waals surface area (Å²) < 4.78 is 0. The fraction of sp³-hybridized carbons (Fsp3) is 0.118. The van der Waals surface area contributed by atoms with E-state index in [1.165, 1.54) is 5.39 Å². The number of nitrogens with zero attached hydrogens (tertiary/aromatic N) is 1. The van der Waals surface area contributed by atoms with Crippen molar-refractivity contribution in [3.05, 3.63) is 65.9 Å². The van der Waals surface area contributed by atoms with Gasteiger partial charge in [-0.2, -0.15) is 5.26 Å². The molecule has 0 fully saturated rings. The van der Waals surface area contributed by atoms with Gasteiger partial charge < -0.3 is 10.3 Å². The molecule has 0 spiro atoms. The maximum Gasteiger partial charge on any atom is 0.0991 e. The highest BCUT2D eigenvalue weighted by atomic mass is 14.9. The average Bonchev–Trinajstić information content (AvgIpc) is 2.95. The van der Waals surface area contributed by atoms with E-state index in [0.29, 0.717) is 5.56 Å². The summed E-state index contributed by atoms with van der Waals surface area (Å²) in [6, 6.07) is 18.3. The van der Waals surface area contributed by atoms with Crippen LogP contribution in [0.5, 0.6) is 0 Å². The number of nitrogens with one attached hydrogen (secondary N) is 2. The van der Waals surface area contributed by atoms with Gasteiger partial charge in [0.1, 0.15) is 0 Å². The monoisotopic (exact) mass is 261 g/mol. The quantitative estimate of drug-likeness (QED) is 0.742. The Kier molecular flexibility index (Phi) is 3.14. The van der Waals surface area contributed by atoms with Crippen LogP contribution in [0.3, 0.4) is 0 Å². The predicted molar refractivity (Wildman–Crippen MR) is 81.5 cm³/mol. The summed E-state index contributed by atoms with van der Waals surface area (Å²) in [4.78, 5) is 3.19. The number of fused-ring (bicyclic) bond motifs is 1. The summed E-state index contributed by atoms with van der Waals surface area (Å²) >= 11 is 0. The third kappa shape index (κ3) is 2.36. The molecule has 2 N–H and O–H groups in total. The van der Waals surface area contributed by atoms with Crippen molar-refractivity contribution in [2.24, 2.45) is 0 Å². The molecule has 3 heteroatoms. The van der Waals surface area contributed by atoms with E-state index >= 15 is 0 Å². The minimum Gasteiger partial charge on any atom is -0.379 e. The van der Waals surface area contributed by atoms with Crippen molar-refractivity contribution in [1.29, 1.82) is 5.26 Å². The Morgan fingerprint density at radius 2 is 1.90 bits per heavy atom. The van der Waals surface area contributed by atoms with Crippen molar-refractivity contribution < 1.29 is 0 Å². The molecule has 1 atom stereocenters. The molecule has 0 aliphatic carbocycles. The van der Waals surface area contributed by atoms with Gasteiger partial charge in [-0.3, -0.25) is 0 Å². The summed E-state index contributed by atoms with van der Waals surface area (Å²) in [6.07, 6.45) is 1.94. The van der Waals surface area contributed by atoms with E-state index in [1.807, 2.05) is 30.5 Å². The first-order chi connectivity index (χ1) is 9.76. The maximum absolute atomic E-state index is 8.81. The van der Waals surface area contributed by atoms with Crippen LogP contribution in [0.2, 0.25) is 0 Å². The lowest BCUT2D eigenvalue weighted by Gasteiger charge is -2.16. The summed E-state index contributed by atoms with van der Waals surface area (Å²) in [6.45, 7) is 2.11. The number of benzene rings is 2. The molecule has 0 amide bonds. The lowest BCUT2D eigenvalue weighted by atomic mass is 10.1. The van der Waals surface area contributed by atoms with E-state index in [-0.39, 0.29) is 6.04 Å². The molecule has 98 valence electrons. The van der Waals surface area contributed by atoms with Gasteiger partial charge in [-0.05, 0) is 48.9 Å². The molecule has 1 unspecified atom stereocenters. The molecular formula is C17H15N3. The molecule has 20 heavy (non-hydrogen) atoms. The van der Waals surface area contributed by atoms with Gasteiger partial charge in [-0.1, -0.05) is 12.1 Å². The van der Waals surface area contributed by atoms with Gasteiger partial charge in [0.15, 0.2) is 0 Å². The Morgan fingerprint density at radius 1 is 1.10 bits per heavy atom. The van der Waals surface area contributed by atoms with E-state index in [0.717, 1.165) is 16.8 Å². The number of rotatable bonds is 3. The van der Waals surface area contributed by atoms with Gasteiger partial charge >= 0.3 is 0 Å². The van der Waals surface area contributed by atoms with Crippen LogP contribution >= 0.6 is 0 Å². The molecule has 3 aromatic rings. The van der Waals surface area contributed by atoms with Crippen molar-refractivity contribution in [2.45, 2.75) is 13.0 Å². The summed E-state index contributed by atoms with van der Waals surface area (Å²) in [5, 5.41) is 13.5. The van der Waals surface area contributed by atoms with Crippen molar-refractivity contribution >= 4 is 16.6 Å². The topological polar surface area (TPSA) is 51.6 Å². The lowest BCUT2D eigenvalue weighted by molar-refractivity contribution is 0.885. The number of anilines is 1. The highest BCUT2D eigenvalue weighted by Gasteiger charge is 2.06. The van der Waals surface area contributed by atoms with Crippen LogP contribution in [0, 0.1) is 11.3 Å². The van der Waals surface area contributed by atoms with Gasteiger partial charge in [0.05, 0.1) is 11.6 Å². The van der Waals surface area contributed by atoms with E-state index in [9.17, 15) is 0 Å². The Balaban J connectivity index is 1.80. The first-order valence-corrected chi connectivity index (χ1v) is 6.60. The first-order valence-electron chi connectivity index (χ1n) is 6.60. The second kappa shape index (κ2) is 5.10. The molecule has 0 saturated carbocycles. The van der Waals surface area contributed by atoms with E-state index in [1.54, 1.807) is 0 Å². The summed E-state index contributed by atoms with van der Waals surface area (Å²) in [5.74, 6) is 0. The Bertz CT molecular complexity index is 763. The Hall–Kier alpha value is -2.73. The Labute approximate surface area is 117 Å². The zero-order chi connectivity index (χ0) is 13.9. The molecular weight excluding hydrogens is 246 g/mol. The van der Waals surface area contributed by atoms with Gasteiger partial charge in [-0.15, -0.1) is 0 Å². The average molecular weight is 261 g/mol. The molecule has 0 radical (unpaired) electrons. The molecule has 0 aliphatic rings. The SMILES string of the molecule is CC(Nc1ccc2[nH]ccc2c1)c1ccc(C#N)cc1. The van der Waals surface area contributed by atoms with Gasteiger partial charge in [0.2, 0.25) is 0 Å². The summed E-state index contributed by atoms with van der Waals surface area (Å²) in [7, 11) is 0. The molecule has 1 aromatic heterocycles. The van der Waals surface area contributed by atoms with E-state index < -0.39 is 0 Å². The number of nitriles is 1. The predicted octanol–water partition coefficient (Wildman–Crippen LogP) is 4.21. The number of hydrogen-bond donors (Lipinski definition) is 2. The minimum absolute atomic E-state index is 0.194. The third-order valence-corrected chi connectivity index (χ3v) is 3.48. The number of H-pyrrole nitrogens is 1. The standard InChI is InChI=1S/C17H15N3/c1-12(14-4-2-13(11-18)3-5-14)20-16-6-7-17-15(10-16)8-9-19-17/h2-10,12,19-20H,1H3. The largest absolute Gasteiger partial charge is 0.379 e. The van der Waals surface area contributed by atoms with Gasteiger partial charge in [0.25, 0.3) is 0 Å². The molecule has 0 saturated heterocycles. The zero-order valence-electron chi connectivity index (χ0n) is 11.2. The van der Waals surface area contributed by atoms with Gasteiger partial charge in [-0.25, -0.2) is 0 Å². The van der Waals surface area contributed by atoms with Crippen LogP contribution in [-0.2, 0) is 0 Å². The van der Waals surface area contributed by atoms with Gasteiger partial charge in [0, 0.05) is 28.8 Å². The summed E-state index contributed by atoms with van der Waals surface area (Å²) in [5.41, 5.74) is 4.09. The minimum atomic E-state index is 0.194. The van der Waals surface area contributed by atoms with Crippen LogP contribution in [0.4, 0.5) is 5.69 Å². The highest BCUT2D eigenvalue weighted by molar-refractivity contribution is 5.83. The number of hydrogen-bond acceptors (Lipinski definition) is 2. The van der Waals surface area contributed by atoms with E-state index in [2.05, 4.69) is 47.6 Å². The van der Waals surface area contributed by atoms with Crippen LogP contribution < -0.4 is 5.32 Å². The van der Waals surface area contributed by atoms with Crippen molar-refractivity contribution in [1.82, 2.24) is 4.98 Å². The smallest absolute Gasteiger partial charge is 0.0991 e. The Morgan fingerprint density at radius 3 is 2.65 bits per heavy atom. The molecule has 0 aliphatic heterocycles. The zero-order valence-corrected chi connectivity index (χ0v) is 11.2. The molecule has 0 bridgehead atoms. The highest BCUT2D eigenvalue weighted by Crippen LogP contribution is 2.23. The van der Waals surface area contributed by atoms with E-state index in [4.69, 9.17) is 5.26 Å². The first kappa shape index (κ1) is 12.3. The molecule has 3 nitrogen and oxygen atoms in total. The molecule has 3 rings (SSSR count). The van der Waals surface area contributed by atoms with Crippen LogP contribution in [-0.4, -0.2) is 4.98 Å². The third-order valence-electron chi connectivity index (χ3n) is 3.48. The lowest BCUT2D eigenvalue weighted by Crippen LogP contribution is -2.06. The van der Waals surface area contributed by atoms with Crippen LogP contribution in [0.15, 0.2) is 54.7 Å². The fourth-order valence-electron chi connectivity index (χ4n) is 2.32. The second-order valence-electron chi connectivity index (χ2n) is 4.88. The van der Waals surface area contributed by atoms with Crippen molar-refractivity contribution in [3.63, 3.8) is 0 Å².